The number of rotatable bonds is 3. The van der Waals surface area contributed by atoms with Crippen LogP contribution < -0.4 is 10.6 Å². The van der Waals surface area contributed by atoms with Gasteiger partial charge in [-0.25, -0.2) is 0 Å². The first-order valence-corrected chi connectivity index (χ1v) is 7.41. The number of aromatic amines is 1. The van der Waals surface area contributed by atoms with Gasteiger partial charge < -0.3 is 10.6 Å². The normalized spacial score (nSPS) is 19.3. The summed E-state index contributed by atoms with van der Waals surface area (Å²) in [4.78, 5) is 2.27. The number of hydrogen-bond donors (Lipinski definition) is 2. The lowest BCUT2D eigenvalue weighted by molar-refractivity contribution is 0.503. The second-order valence-electron chi connectivity index (χ2n) is 5.54. The quantitative estimate of drug-likeness (QED) is 0.901. The minimum absolute atomic E-state index is 0.271. The van der Waals surface area contributed by atoms with Crippen LogP contribution in [0.25, 0.3) is 11.3 Å². The summed E-state index contributed by atoms with van der Waals surface area (Å²) in [5.41, 5.74) is 9.64. The minimum Gasteiger partial charge on any atom is -0.354 e. The van der Waals surface area contributed by atoms with Crippen LogP contribution in [-0.2, 0) is 6.42 Å². The fourth-order valence-electron chi connectivity index (χ4n) is 2.76. The Hall–Kier alpha value is -1.81. The molecule has 1 aliphatic heterocycles. The zero-order chi connectivity index (χ0) is 13.9. The molecule has 0 amide bonds. The van der Waals surface area contributed by atoms with E-state index in [2.05, 4.69) is 52.4 Å². The SMILES string of the molecule is CCc1ccc(-c2cc(N3CCCC(N)C3)n[nH]2)cc1. The van der Waals surface area contributed by atoms with E-state index in [4.69, 9.17) is 5.73 Å². The topological polar surface area (TPSA) is 57.9 Å². The molecule has 4 nitrogen and oxygen atoms in total. The monoisotopic (exact) mass is 270 g/mol. The number of nitrogens with one attached hydrogen (secondary N) is 1. The van der Waals surface area contributed by atoms with Crippen molar-refractivity contribution in [1.82, 2.24) is 10.2 Å². The largest absolute Gasteiger partial charge is 0.354 e. The van der Waals surface area contributed by atoms with Crippen molar-refractivity contribution < 1.29 is 0 Å². The van der Waals surface area contributed by atoms with Crippen LogP contribution in [0.5, 0.6) is 0 Å². The Kier molecular flexibility index (Phi) is 3.74. The summed E-state index contributed by atoms with van der Waals surface area (Å²) in [5.74, 6) is 1.01. The molecule has 0 saturated carbocycles. The molecular weight excluding hydrogens is 248 g/mol. The Labute approximate surface area is 120 Å². The average molecular weight is 270 g/mol. The molecule has 0 aliphatic carbocycles. The van der Waals surface area contributed by atoms with Gasteiger partial charge in [-0.05, 0) is 30.4 Å². The maximum Gasteiger partial charge on any atom is 0.151 e. The third-order valence-corrected chi connectivity index (χ3v) is 4.02. The van der Waals surface area contributed by atoms with Crippen LogP contribution in [0, 0.1) is 0 Å². The summed E-state index contributed by atoms with van der Waals surface area (Å²) in [6, 6.07) is 11.0. The van der Waals surface area contributed by atoms with Gasteiger partial charge in [-0.15, -0.1) is 0 Å². The fourth-order valence-corrected chi connectivity index (χ4v) is 2.76. The van der Waals surface area contributed by atoms with E-state index in [0.29, 0.717) is 0 Å². The summed E-state index contributed by atoms with van der Waals surface area (Å²) in [6.07, 6.45) is 3.33. The second kappa shape index (κ2) is 5.67. The fraction of sp³-hybridized carbons (Fsp3) is 0.438. The Morgan fingerprint density at radius 3 is 2.85 bits per heavy atom. The Bertz CT molecular complexity index is 558. The third kappa shape index (κ3) is 2.70. The van der Waals surface area contributed by atoms with Crippen LogP contribution in [-0.4, -0.2) is 29.3 Å². The summed E-state index contributed by atoms with van der Waals surface area (Å²) in [7, 11) is 0. The van der Waals surface area contributed by atoms with Gasteiger partial charge in [-0.1, -0.05) is 31.2 Å². The molecule has 2 heterocycles. The number of anilines is 1. The summed E-state index contributed by atoms with van der Waals surface area (Å²) in [5, 5.41) is 7.58. The summed E-state index contributed by atoms with van der Waals surface area (Å²) in [6.45, 7) is 4.12. The van der Waals surface area contributed by atoms with Gasteiger partial charge in [0.25, 0.3) is 0 Å². The van der Waals surface area contributed by atoms with Crippen molar-refractivity contribution in [3.8, 4) is 11.3 Å². The van der Waals surface area contributed by atoms with Gasteiger partial charge in [0.1, 0.15) is 0 Å². The molecule has 1 unspecified atom stereocenters. The molecule has 2 aromatic rings. The molecule has 1 aromatic carbocycles. The molecule has 4 heteroatoms. The number of aryl methyl sites for hydroxylation is 1. The second-order valence-corrected chi connectivity index (χ2v) is 5.54. The average Bonchev–Trinajstić information content (AvgIpc) is 2.97. The number of nitrogens with two attached hydrogens (primary N) is 1. The lowest BCUT2D eigenvalue weighted by atomic mass is 10.1. The molecule has 1 aliphatic rings. The van der Waals surface area contributed by atoms with E-state index >= 15 is 0 Å². The van der Waals surface area contributed by atoms with E-state index in [1.807, 2.05) is 0 Å². The molecule has 1 atom stereocenters. The van der Waals surface area contributed by atoms with Crippen LogP contribution in [0.3, 0.4) is 0 Å². The maximum atomic E-state index is 6.03. The highest BCUT2D eigenvalue weighted by atomic mass is 15.3. The van der Waals surface area contributed by atoms with Crippen LogP contribution in [0.1, 0.15) is 25.3 Å². The number of nitrogens with zero attached hydrogens (tertiary/aromatic N) is 2. The van der Waals surface area contributed by atoms with Crippen molar-refractivity contribution in [2.24, 2.45) is 5.73 Å². The smallest absolute Gasteiger partial charge is 0.151 e. The van der Waals surface area contributed by atoms with Gasteiger partial charge in [-0.2, -0.15) is 5.10 Å². The predicted molar refractivity (Wildman–Crippen MR) is 82.8 cm³/mol. The highest BCUT2D eigenvalue weighted by Gasteiger charge is 2.19. The molecule has 0 radical (unpaired) electrons. The van der Waals surface area contributed by atoms with Gasteiger partial charge in [-0.3, -0.25) is 5.10 Å². The summed E-state index contributed by atoms with van der Waals surface area (Å²) < 4.78 is 0. The molecule has 1 aromatic heterocycles. The van der Waals surface area contributed by atoms with Crippen LogP contribution in [0.2, 0.25) is 0 Å². The van der Waals surface area contributed by atoms with Crippen LogP contribution in [0.4, 0.5) is 5.82 Å². The molecule has 0 bridgehead atoms. The third-order valence-electron chi connectivity index (χ3n) is 4.02. The summed E-state index contributed by atoms with van der Waals surface area (Å²) >= 11 is 0. The van der Waals surface area contributed by atoms with Gasteiger partial charge in [0, 0.05) is 25.2 Å². The van der Waals surface area contributed by atoms with E-state index in [-0.39, 0.29) is 6.04 Å². The van der Waals surface area contributed by atoms with Gasteiger partial charge in [0.05, 0.1) is 5.69 Å². The van der Waals surface area contributed by atoms with Crippen molar-refractivity contribution in [3.05, 3.63) is 35.9 Å². The van der Waals surface area contributed by atoms with Gasteiger partial charge in [0.2, 0.25) is 0 Å². The minimum atomic E-state index is 0.271. The van der Waals surface area contributed by atoms with E-state index in [1.54, 1.807) is 0 Å². The maximum absolute atomic E-state index is 6.03. The zero-order valence-electron chi connectivity index (χ0n) is 12.0. The van der Waals surface area contributed by atoms with Crippen molar-refractivity contribution in [2.75, 3.05) is 18.0 Å². The first-order chi connectivity index (χ1) is 9.76. The van der Waals surface area contributed by atoms with Crippen molar-refractivity contribution in [1.29, 1.82) is 0 Å². The Balaban J connectivity index is 1.78. The first kappa shape index (κ1) is 13.2. The van der Waals surface area contributed by atoms with E-state index < -0.39 is 0 Å². The predicted octanol–water partition coefficient (Wildman–Crippen LogP) is 2.57. The standard InChI is InChI=1S/C16H22N4/c1-2-12-5-7-13(8-6-12)15-10-16(19-18-15)20-9-3-4-14(17)11-20/h5-8,10,14H,2-4,9,11,17H2,1H3,(H,18,19). The van der Waals surface area contributed by atoms with Crippen molar-refractivity contribution in [2.45, 2.75) is 32.2 Å². The van der Waals surface area contributed by atoms with Gasteiger partial charge in [0.15, 0.2) is 5.82 Å². The number of aromatic nitrogens is 2. The molecular formula is C16H22N4. The van der Waals surface area contributed by atoms with Crippen molar-refractivity contribution >= 4 is 5.82 Å². The molecule has 3 N–H and O–H groups in total. The number of piperidine rings is 1. The van der Waals surface area contributed by atoms with Crippen LogP contribution >= 0.6 is 0 Å². The Morgan fingerprint density at radius 1 is 1.35 bits per heavy atom. The van der Waals surface area contributed by atoms with E-state index in [1.165, 1.54) is 11.1 Å². The van der Waals surface area contributed by atoms with Crippen molar-refractivity contribution in [3.63, 3.8) is 0 Å². The molecule has 1 saturated heterocycles. The van der Waals surface area contributed by atoms with Gasteiger partial charge >= 0.3 is 0 Å². The van der Waals surface area contributed by atoms with E-state index in [9.17, 15) is 0 Å². The van der Waals surface area contributed by atoms with Crippen LogP contribution in [0.15, 0.2) is 30.3 Å². The first-order valence-electron chi connectivity index (χ1n) is 7.41. The lowest BCUT2D eigenvalue weighted by Gasteiger charge is -2.30. The lowest BCUT2D eigenvalue weighted by Crippen LogP contribution is -2.43. The Morgan fingerprint density at radius 2 is 2.15 bits per heavy atom. The molecule has 20 heavy (non-hydrogen) atoms. The molecule has 3 rings (SSSR count). The highest BCUT2D eigenvalue weighted by Crippen LogP contribution is 2.24. The highest BCUT2D eigenvalue weighted by molar-refractivity contribution is 5.63. The number of H-pyrrole nitrogens is 1. The molecule has 0 spiro atoms. The number of benzene rings is 1. The number of hydrogen-bond acceptors (Lipinski definition) is 3. The zero-order valence-corrected chi connectivity index (χ0v) is 12.0. The molecule has 1 fully saturated rings. The molecule has 106 valence electrons. The van der Waals surface area contributed by atoms with E-state index in [0.717, 1.165) is 43.9 Å².